The van der Waals surface area contributed by atoms with Gasteiger partial charge in [0.25, 0.3) is 0 Å². The lowest BCUT2D eigenvalue weighted by Crippen LogP contribution is -2.45. The number of hydrogen-bond acceptors (Lipinski definition) is 4. The molecular formula is C8H10N2O2S. The lowest BCUT2D eigenvalue weighted by atomic mass is 10.1. The summed E-state index contributed by atoms with van der Waals surface area (Å²) in [6.45, 7) is 2.05. The van der Waals surface area contributed by atoms with Crippen molar-refractivity contribution < 1.29 is 9.53 Å². The lowest BCUT2D eigenvalue weighted by molar-refractivity contribution is -0.136. The van der Waals surface area contributed by atoms with Gasteiger partial charge < -0.3 is 10.1 Å². The van der Waals surface area contributed by atoms with Gasteiger partial charge in [0.1, 0.15) is 17.7 Å². The zero-order valence-corrected chi connectivity index (χ0v) is 8.00. The fourth-order valence-electron chi connectivity index (χ4n) is 1.34. The van der Waals surface area contributed by atoms with E-state index < -0.39 is 0 Å². The molecule has 1 N–H and O–H groups in total. The van der Waals surface area contributed by atoms with Gasteiger partial charge in [-0.3, -0.25) is 4.79 Å². The molecule has 2 atom stereocenters. The van der Waals surface area contributed by atoms with Gasteiger partial charge in [-0.25, -0.2) is 4.98 Å². The van der Waals surface area contributed by atoms with Gasteiger partial charge in [0.05, 0.1) is 6.04 Å². The first-order valence-corrected chi connectivity index (χ1v) is 4.95. The number of ether oxygens (including phenoxy) is 1. The van der Waals surface area contributed by atoms with E-state index >= 15 is 0 Å². The molecule has 1 amide bonds. The molecule has 1 aliphatic heterocycles. The molecule has 0 aliphatic carbocycles. The number of hydrogen-bond donors (Lipinski definition) is 1. The average molecular weight is 198 g/mol. The Balaban J connectivity index is 2.12. The Hall–Kier alpha value is -0.940. The van der Waals surface area contributed by atoms with E-state index in [4.69, 9.17) is 4.74 Å². The van der Waals surface area contributed by atoms with E-state index in [-0.39, 0.29) is 24.7 Å². The van der Waals surface area contributed by atoms with Crippen molar-refractivity contribution in [3.05, 3.63) is 16.6 Å². The van der Waals surface area contributed by atoms with Crippen LogP contribution in [0.25, 0.3) is 0 Å². The molecule has 1 fully saturated rings. The third-order valence-electron chi connectivity index (χ3n) is 1.93. The third kappa shape index (κ3) is 1.71. The van der Waals surface area contributed by atoms with E-state index in [1.807, 2.05) is 12.3 Å². The molecule has 5 heteroatoms. The highest BCUT2D eigenvalue weighted by molar-refractivity contribution is 7.09. The topological polar surface area (TPSA) is 51.2 Å². The van der Waals surface area contributed by atoms with Crippen molar-refractivity contribution in [2.24, 2.45) is 0 Å². The van der Waals surface area contributed by atoms with Crippen LogP contribution in [0.2, 0.25) is 0 Å². The molecule has 70 valence electrons. The number of morpholine rings is 1. The molecule has 13 heavy (non-hydrogen) atoms. The summed E-state index contributed by atoms with van der Waals surface area (Å²) in [6.07, 6.45) is 1.66. The van der Waals surface area contributed by atoms with Gasteiger partial charge in [-0.1, -0.05) is 0 Å². The molecule has 1 saturated heterocycles. The van der Waals surface area contributed by atoms with Crippen LogP contribution in [0, 0.1) is 0 Å². The van der Waals surface area contributed by atoms with E-state index in [0.29, 0.717) is 0 Å². The third-order valence-corrected chi connectivity index (χ3v) is 2.77. The Morgan fingerprint density at radius 1 is 1.77 bits per heavy atom. The lowest BCUT2D eigenvalue weighted by Gasteiger charge is -2.28. The molecule has 0 bridgehead atoms. The van der Waals surface area contributed by atoms with Crippen molar-refractivity contribution >= 4 is 17.2 Å². The standard InChI is InChI=1S/C8H10N2O2S/c1-5-7(8-9-2-3-13-8)12-4-6(11)10-5/h2-3,5,7H,4H2,1H3,(H,10,11)/t5-,7+/m0/s1. The Kier molecular flexibility index (Phi) is 2.28. The number of rotatable bonds is 1. The van der Waals surface area contributed by atoms with Crippen LogP contribution in [-0.2, 0) is 9.53 Å². The highest BCUT2D eigenvalue weighted by Gasteiger charge is 2.28. The summed E-state index contributed by atoms with van der Waals surface area (Å²) in [4.78, 5) is 15.1. The Labute approximate surface area is 79.9 Å². The quantitative estimate of drug-likeness (QED) is 0.723. The van der Waals surface area contributed by atoms with Gasteiger partial charge in [-0.05, 0) is 6.92 Å². The Bertz CT molecular complexity index is 299. The summed E-state index contributed by atoms with van der Waals surface area (Å²) < 4.78 is 5.38. The maximum Gasteiger partial charge on any atom is 0.246 e. The van der Waals surface area contributed by atoms with Gasteiger partial charge in [-0.2, -0.15) is 0 Å². The van der Waals surface area contributed by atoms with Crippen LogP contribution in [-0.4, -0.2) is 23.5 Å². The maximum atomic E-state index is 10.9. The molecule has 0 saturated carbocycles. The van der Waals surface area contributed by atoms with Crippen molar-refractivity contribution in [3.8, 4) is 0 Å². The smallest absolute Gasteiger partial charge is 0.246 e. The van der Waals surface area contributed by atoms with Gasteiger partial charge >= 0.3 is 0 Å². The summed E-state index contributed by atoms with van der Waals surface area (Å²) in [5.41, 5.74) is 0. The van der Waals surface area contributed by atoms with Crippen molar-refractivity contribution in [3.63, 3.8) is 0 Å². The molecule has 4 nitrogen and oxygen atoms in total. The molecule has 2 heterocycles. The number of carbonyl (C=O) groups excluding carboxylic acids is 1. The number of aromatic nitrogens is 1. The largest absolute Gasteiger partial charge is 0.359 e. The van der Waals surface area contributed by atoms with E-state index in [2.05, 4.69) is 10.3 Å². The maximum absolute atomic E-state index is 10.9. The molecule has 1 aromatic heterocycles. The van der Waals surface area contributed by atoms with Crippen LogP contribution < -0.4 is 5.32 Å². The van der Waals surface area contributed by atoms with Gasteiger partial charge in [0.2, 0.25) is 5.91 Å². The van der Waals surface area contributed by atoms with E-state index in [1.54, 1.807) is 17.5 Å². The number of amides is 1. The first-order chi connectivity index (χ1) is 6.27. The highest BCUT2D eigenvalue weighted by atomic mass is 32.1. The summed E-state index contributed by atoms with van der Waals surface area (Å²) in [7, 11) is 0. The molecule has 1 aliphatic rings. The minimum atomic E-state index is -0.0855. The van der Waals surface area contributed by atoms with Crippen LogP contribution in [0.5, 0.6) is 0 Å². The SMILES string of the molecule is C[C@@H]1NC(=O)CO[C@H]1c1nccs1. The zero-order chi connectivity index (χ0) is 9.26. The monoisotopic (exact) mass is 198 g/mol. The molecule has 1 aromatic rings. The van der Waals surface area contributed by atoms with Crippen molar-refractivity contribution in [1.29, 1.82) is 0 Å². The highest BCUT2D eigenvalue weighted by Crippen LogP contribution is 2.25. The normalized spacial score (nSPS) is 28.5. The van der Waals surface area contributed by atoms with Crippen molar-refractivity contribution in [2.75, 3.05) is 6.61 Å². The molecule has 0 aromatic carbocycles. The fourth-order valence-corrected chi connectivity index (χ4v) is 2.13. The predicted octanol–water partition coefficient (Wildman–Crippen LogP) is 0.719. The first-order valence-electron chi connectivity index (χ1n) is 4.08. The van der Waals surface area contributed by atoms with Crippen LogP contribution in [0.1, 0.15) is 18.0 Å². The summed E-state index contributed by atoms with van der Waals surface area (Å²) in [5.74, 6) is -0.0553. The zero-order valence-electron chi connectivity index (χ0n) is 7.19. The molecule has 0 spiro atoms. The second-order valence-corrected chi connectivity index (χ2v) is 3.88. The minimum absolute atomic E-state index is 0.00685. The molecule has 0 radical (unpaired) electrons. The van der Waals surface area contributed by atoms with Crippen molar-refractivity contribution in [1.82, 2.24) is 10.3 Å². The molecule has 2 rings (SSSR count). The minimum Gasteiger partial charge on any atom is -0.359 e. The second-order valence-electron chi connectivity index (χ2n) is 2.96. The molecular weight excluding hydrogens is 188 g/mol. The van der Waals surface area contributed by atoms with Crippen LogP contribution >= 0.6 is 11.3 Å². The van der Waals surface area contributed by atoms with E-state index in [9.17, 15) is 4.79 Å². The van der Waals surface area contributed by atoms with Crippen molar-refractivity contribution in [2.45, 2.75) is 19.1 Å². The first kappa shape index (κ1) is 8.65. The van der Waals surface area contributed by atoms with Gasteiger partial charge in [0, 0.05) is 11.6 Å². The fraction of sp³-hybridized carbons (Fsp3) is 0.500. The number of thiazole rings is 1. The van der Waals surface area contributed by atoms with Crippen LogP contribution in [0.15, 0.2) is 11.6 Å². The summed E-state index contributed by atoms with van der Waals surface area (Å²) in [5, 5.41) is 5.65. The van der Waals surface area contributed by atoms with E-state index in [0.717, 1.165) is 5.01 Å². The summed E-state index contributed by atoms with van der Waals surface area (Å²) >= 11 is 1.55. The number of carbonyl (C=O) groups is 1. The molecule has 0 unspecified atom stereocenters. The number of nitrogens with one attached hydrogen (secondary N) is 1. The van der Waals surface area contributed by atoms with Gasteiger partial charge in [-0.15, -0.1) is 11.3 Å². The van der Waals surface area contributed by atoms with Crippen LogP contribution in [0.3, 0.4) is 0 Å². The predicted molar refractivity (Wildman–Crippen MR) is 48.4 cm³/mol. The summed E-state index contributed by atoms with van der Waals surface area (Å²) in [6, 6.07) is 0.00685. The van der Waals surface area contributed by atoms with E-state index in [1.165, 1.54) is 0 Å². The van der Waals surface area contributed by atoms with Crippen LogP contribution in [0.4, 0.5) is 0 Å². The Morgan fingerprint density at radius 2 is 2.62 bits per heavy atom. The van der Waals surface area contributed by atoms with Gasteiger partial charge in [0.15, 0.2) is 0 Å². The number of nitrogens with zero attached hydrogens (tertiary/aromatic N) is 1. The average Bonchev–Trinajstić information content (AvgIpc) is 2.56. The second kappa shape index (κ2) is 3.43. The Morgan fingerprint density at radius 3 is 3.23 bits per heavy atom.